The van der Waals surface area contributed by atoms with E-state index in [2.05, 4.69) is 30.9 Å². The standard InChI is InChI=1S/C16H24N2O2/c1-11-4-5-15(10-12(11)2)20-14-6-8-18(9-7-14)13(3)16(17)19/h4-5,10,13-14H,6-9H2,1-3H3,(H2,17,19). The minimum absolute atomic E-state index is 0.183. The van der Waals surface area contributed by atoms with Crippen LogP contribution in [0.15, 0.2) is 18.2 Å². The van der Waals surface area contributed by atoms with Gasteiger partial charge in [0.05, 0.1) is 6.04 Å². The number of likely N-dealkylation sites (tertiary alicyclic amines) is 1. The maximum Gasteiger partial charge on any atom is 0.234 e. The van der Waals surface area contributed by atoms with Crippen LogP contribution in [0.1, 0.15) is 30.9 Å². The van der Waals surface area contributed by atoms with Gasteiger partial charge in [-0.3, -0.25) is 9.69 Å². The van der Waals surface area contributed by atoms with Gasteiger partial charge in [-0.1, -0.05) is 6.07 Å². The zero-order valence-corrected chi connectivity index (χ0v) is 12.6. The van der Waals surface area contributed by atoms with Crippen molar-refractivity contribution in [3.63, 3.8) is 0 Å². The van der Waals surface area contributed by atoms with E-state index in [0.717, 1.165) is 31.7 Å². The molecule has 1 amide bonds. The summed E-state index contributed by atoms with van der Waals surface area (Å²) in [7, 11) is 0. The second-order valence-corrected chi connectivity index (χ2v) is 5.68. The van der Waals surface area contributed by atoms with Crippen molar-refractivity contribution in [2.24, 2.45) is 5.73 Å². The van der Waals surface area contributed by atoms with E-state index in [9.17, 15) is 4.79 Å². The first-order valence-corrected chi connectivity index (χ1v) is 7.24. The summed E-state index contributed by atoms with van der Waals surface area (Å²) in [4.78, 5) is 13.3. The van der Waals surface area contributed by atoms with Gasteiger partial charge in [0.2, 0.25) is 5.91 Å². The molecule has 0 aromatic heterocycles. The topological polar surface area (TPSA) is 55.6 Å². The molecule has 0 radical (unpaired) electrons. The van der Waals surface area contributed by atoms with Crippen LogP contribution >= 0.6 is 0 Å². The highest BCUT2D eigenvalue weighted by molar-refractivity contribution is 5.79. The minimum Gasteiger partial charge on any atom is -0.490 e. The Morgan fingerprint density at radius 3 is 2.50 bits per heavy atom. The van der Waals surface area contributed by atoms with E-state index >= 15 is 0 Å². The number of benzene rings is 1. The summed E-state index contributed by atoms with van der Waals surface area (Å²) >= 11 is 0. The number of amides is 1. The number of carbonyl (C=O) groups excluding carboxylic acids is 1. The molecule has 1 aliphatic rings. The molecule has 1 saturated heterocycles. The summed E-state index contributed by atoms with van der Waals surface area (Å²) in [6, 6.07) is 6.03. The number of aryl methyl sites for hydroxylation is 2. The Balaban J connectivity index is 1.88. The van der Waals surface area contributed by atoms with Crippen LogP contribution in [0.25, 0.3) is 0 Å². The number of primary amides is 1. The van der Waals surface area contributed by atoms with Gasteiger partial charge < -0.3 is 10.5 Å². The Labute approximate surface area is 120 Å². The van der Waals surface area contributed by atoms with Crippen molar-refractivity contribution in [1.29, 1.82) is 0 Å². The summed E-state index contributed by atoms with van der Waals surface area (Å²) < 4.78 is 6.04. The third kappa shape index (κ3) is 3.51. The lowest BCUT2D eigenvalue weighted by molar-refractivity contribution is -0.123. The number of hydrogen-bond acceptors (Lipinski definition) is 3. The number of nitrogens with zero attached hydrogens (tertiary/aromatic N) is 1. The van der Waals surface area contributed by atoms with Crippen molar-refractivity contribution in [3.05, 3.63) is 29.3 Å². The van der Waals surface area contributed by atoms with E-state index in [1.54, 1.807) is 0 Å². The van der Waals surface area contributed by atoms with Gasteiger partial charge in [-0.2, -0.15) is 0 Å². The molecule has 1 aromatic carbocycles. The van der Waals surface area contributed by atoms with Crippen LogP contribution < -0.4 is 10.5 Å². The molecule has 1 heterocycles. The number of rotatable bonds is 4. The quantitative estimate of drug-likeness (QED) is 0.915. The van der Waals surface area contributed by atoms with E-state index in [1.807, 2.05) is 13.0 Å². The predicted molar refractivity (Wildman–Crippen MR) is 79.8 cm³/mol. The number of carbonyl (C=O) groups is 1. The fourth-order valence-electron chi connectivity index (χ4n) is 2.54. The van der Waals surface area contributed by atoms with Crippen LogP contribution in [0.3, 0.4) is 0 Å². The van der Waals surface area contributed by atoms with Crippen molar-refractivity contribution in [2.45, 2.75) is 45.8 Å². The van der Waals surface area contributed by atoms with Crippen LogP contribution in [0.2, 0.25) is 0 Å². The molecule has 20 heavy (non-hydrogen) atoms. The lowest BCUT2D eigenvalue weighted by atomic mass is 10.1. The molecule has 1 aliphatic heterocycles. The molecule has 0 bridgehead atoms. The van der Waals surface area contributed by atoms with Crippen molar-refractivity contribution in [1.82, 2.24) is 4.90 Å². The molecule has 110 valence electrons. The molecule has 1 fully saturated rings. The maximum atomic E-state index is 11.2. The van der Waals surface area contributed by atoms with E-state index in [0.29, 0.717) is 0 Å². The average molecular weight is 276 g/mol. The van der Waals surface area contributed by atoms with Gasteiger partial charge in [0.25, 0.3) is 0 Å². The second kappa shape index (κ2) is 6.27. The molecule has 1 unspecified atom stereocenters. The monoisotopic (exact) mass is 276 g/mol. The summed E-state index contributed by atoms with van der Waals surface area (Å²) in [6.07, 6.45) is 2.10. The Morgan fingerprint density at radius 1 is 1.30 bits per heavy atom. The van der Waals surface area contributed by atoms with Crippen molar-refractivity contribution < 1.29 is 9.53 Å². The predicted octanol–water partition coefficient (Wildman–Crippen LogP) is 2.02. The van der Waals surface area contributed by atoms with Gasteiger partial charge in [0.1, 0.15) is 11.9 Å². The number of ether oxygens (including phenoxy) is 1. The summed E-state index contributed by atoms with van der Waals surface area (Å²) in [5.74, 6) is 0.688. The van der Waals surface area contributed by atoms with Crippen molar-refractivity contribution in [2.75, 3.05) is 13.1 Å². The molecule has 1 atom stereocenters. The lowest BCUT2D eigenvalue weighted by Crippen LogP contribution is -2.48. The summed E-state index contributed by atoms with van der Waals surface area (Å²) in [6.45, 7) is 7.79. The summed E-state index contributed by atoms with van der Waals surface area (Å²) in [5.41, 5.74) is 7.88. The molecular weight excluding hydrogens is 252 g/mol. The lowest BCUT2D eigenvalue weighted by Gasteiger charge is -2.34. The van der Waals surface area contributed by atoms with E-state index in [4.69, 9.17) is 10.5 Å². The smallest absolute Gasteiger partial charge is 0.234 e. The van der Waals surface area contributed by atoms with E-state index in [1.165, 1.54) is 11.1 Å². The third-order valence-electron chi connectivity index (χ3n) is 4.22. The first-order chi connectivity index (χ1) is 9.47. The first-order valence-electron chi connectivity index (χ1n) is 7.24. The molecule has 2 N–H and O–H groups in total. The molecule has 2 rings (SSSR count). The molecule has 4 heteroatoms. The van der Waals surface area contributed by atoms with Crippen LogP contribution in [0.4, 0.5) is 0 Å². The number of piperidine rings is 1. The highest BCUT2D eigenvalue weighted by Gasteiger charge is 2.26. The normalized spacial score (nSPS) is 18.8. The zero-order chi connectivity index (χ0) is 14.7. The molecule has 0 saturated carbocycles. The fraction of sp³-hybridized carbons (Fsp3) is 0.562. The molecule has 4 nitrogen and oxygen atoms in total. The van der Waals surface area contributed by atoms with Gasteiger partial charge in [-0.25, -0.2) is 0 Å². The maximum absolute atomic E-state index is 11.2. The van der Waals surface area contributed by atoms with Gasteiger partial charge in [-0.15, -0.1) is 0 Å². The summed E-state index contributed by atoms with van der Waals surface area (Å²) in [5, 5.41) is 0. The fourth-order valence-corrected chi connectivity index (χ4v) is 2.54. The Morgan fingerprint density at radius 2 is 1.95 bits per heavy atom. The van der Waals surface area contributed by atoms with Crippen LogP contribution in [0.5, 0.6) is 5.75 Å². The van der Waals surface area contributed by atoms with Crippen LogP contribution in [0, 0.1) is 13.8 Å². The van der Waals surface area contributed by atoms with Gasteiger partial charge in [-0.05, 0) is 56.9 Å². The minimum atomic E-state index is -0.251. The molecular formula is C16H24N2O2. The van der Waals surface area contributed by atoms with Gasteiger partial charge in [0.15, 0.2) is 0 Å². The first kappa shape index (κ1) is 14.9. The van der Waals surface area contributed by atoms with Crippen LogP contribution in [-0.2, 0) is 4.79 Å². The Kier molecular flexibility index (Phi) is 4.65. The van der Waals surface area contributed by atoms with E-state index < -0.39 is 0 Å². The SMILES string of the molecule is Cc1ccc(OC2CCN(C(C)C(N)=O)CC2)cc1C. The number of hydrogen-bond donors (Lipinski definition) is 1. The molecule has 1 aromatic rings. The molecule has 0 aliphatic carbocycles. The zero-order valence-electron chi connectivity index (χ0n) is 12.6. The molecule has 0 spiro atoms. The highest BCUT2D eigenvalue weighted by atomic mass is 16.5. The Bertz CT molecular complexity index is 479. The largest absolute Gasteiger partial charge is 0.490 e. The van der Waals surface area contributed by atoms with Crippen molar-refractivity contribution >= 4 is 5.91 Å². The van der Waals surface area contributed by atoms with Gasteiger partial charge in [0, 0.05) is 13.1 Å². The van der Waals surface area contributed by atoms with Crippen LogP contribution in [-0.4, -0.2) is 36.0 Å². The third-order valence-corrected chi connectivity index (χ3v) is 4.22. The second-order valence-electron chi connectivity index (χ2n) is 5.68. The highest BCUT2D eigenvalue weighted by Crippen LogP contribution is 2.22. The van der Waals surface area contributed by atoms with Gasteiger partial charge >= 0.3 is 0 Å². The Hall–Kier alpha value is -1.55. The van der Waals surface area contributed by atoms with E-state index in [-0.39, 0.29) is 18.1 Å². The average Bonchev–Trinajstić information content (AvgIpc) is 2.43. The number of nitrogens with two attached hydrogens (primary N) is 1. The van der Waals surface area contributed by atoms with Crippen molar-refractivity contribution in [3.8, 4) is 5.75 Å².